The second kappa shape index (κ2) is 8.86. The van der Waals surface area contributed by atoms with Gasteiger partial charge in [0.1, 0.15) is 5.75 Å². The van der Waals surface area contributed by atoms with E-state index in [1.165, 1.54) is 0 Å². The second-order valence-corrected chi connectivity index (χ2v) is 7.04. The molecule has 2 aromatic carbocycles. The molecule has 28 heavy (non-hydrogen) atoms. The van der Waals surface area contributed by atoms with Gasteiger partial charge in [-0.1, -0.05) is 24.3 Å². The molecule has 1 heterocycles. The standard InChI is InChI=1S/C21H25N3O4/c22-19(25)12-28-18-8-6-16(7-9-18)15-2-4-17(5-3-15)20(26)24-14-21(27)10-1-11-23-13-21/h2-9,23,27H,1,10-14H2,(H2,22,25)(H,24,26)/t21-/m0/s1. The van der Waals surface area contributed by atoms with Gasteiger partial charge in [0.25, 0.3) is 11.8 Å². The summed E-state index contributed by atoms with van der Waals surface area (Å²) in [6, 6.07) is 14.5. The molecule has 1 fully saturated rings. The van der Waals surface area contributed by atoms with E-state index >= 15 is 0 Å². The van der Waals surface area contributed by atoms with Gasteiger partial charge in [-0.15, -0.1) is 0 Å². The zero-order valence-corrected chi connectivity index (χ0v) is 15.6. The third-order valence-electron chi connectivity index (χ3n) is 4.74. The molecule has 0 unspecified atom stereocenters. The van der Waals surface area contributed by atoms with Crippen LogP contribution in [0.15, 0.2) is 48.5 Å². The second-order valence-electron chi connectivity index (χ2n) is 7.04. The molecule has 7 nitrogen and oxygen atoms in total. The van der Waals surface area contributed by atoms with Crippen LogP contribution in [0, 0.1) is 0 Å². The van der Waals surface area contributed by atoms with E-state index in [0.29, 0.717) is 24.3 Å². The minimum absolute atomic E-state index is 0.158. The maximum absolute atomic E-state index is 12.4. The Hall–Kier alpha value is -2.90. The minimum atomic E-state index is -0.883. The molecule has 1 aliphatic rings. The summed E-state index contributed by atoms with van der Waals surface area (Å²) in [5.74, 6) is -0.167. The molecule has 0 aliphatic carbocycles. The molecule has 1 aliphatic heterocycles. The van der Waals surface area contributed by atoms with Gasteiger partial charge >= 0.3 is 0 Å². The van der Waals surface area contributed by atoms with E-state index in [1.54, 1.807) is 24.3 Å². The highest BCUT2D eigenvalue weighted by molar-refractivity contribution is 5.94. The summed E-state index contributed by atoms with van der Waals surface area (Å²) < 4.78 is 5.24. The molecule has 1 atom stereocenters. The first-order valence-corrected chi connectivity index (χ1v) is 9.28. The quantitative estimate of drug-likeness (QED) is 0.571. The van der Waals surface area contributed by atoms with Gasteiger partial charge in [-0.2, -0.15) is 0 Å². The normalized spacial score (nSPS) is 19.0. The van der Waals surface area contributed by atoms with E-state index in [-0.39, 0.29) is 19.1 Å². The van der Waals surface area contributed by atoms with Crippen molar-refractivity contribution in [3.63, 3.8) is 0 Å². The maximum Gasteiger partial charge on any atom is 0.255 e. The van der Waals surface area contributed by atoms with Crippen molar-refractivity contribution in [3.05, 3.63) is 54.1 Å². The van der Waals surface area contributed by atoms with Crippen LogP contribution < -0.4 is 21.1 Å². The fourth-order valence-electron chi connectivity index (χ4n) is 3.16. The molecule has 148 valence electrons. The van der Waals surface area contributed by atoms with Crippen molar-refractivity contribution in [2.24, 2.45) is 5.73 Å². The number of benzene rings is 2. The number of carbonyl (C=O) groups excluding carboxylic acids is 2. The lowest BCUT2D eigenvalue weighted by Gasteiger charge is -2.32. The van der Waals surface area contributed by atoms with Crippen LogP contribution in [0.2, 0.25) is 0 Å². The predicted octanol–water partition coefficient (Wildman–Crippen LogP) is 1.06. The Kier molecular flexibility index (Phi) is 6.28. The average molecular weight is 383 g/mol. The first-order chi connectivity index (χ1) is 13.5. The summed E-state index contributed by atoms with van der Waals surface area (Å²) >= 11 is 0. The number of primary amides is 1. The Morgan fingerprint density at radius 3 is 2.32 bits per heavy atom. The van der Waals surface area contributed by atoms with Gasteiger partial charge in [-0.25, -0.2) is 0 Å². The third kappa shape index (κ3) is 5.31. The van der Waals surface area contributed by atoms with Crippen LogP contribution >= 0.6 is 0 Å². The summed E-state index contributed by atoms with van der Waals surface area (Å²) in [6.07, 6.45) is 1.58. The molecule has 2 aromatic rings. The Balaban J connectivity index is 1.58. The minimum Gasteiger partial charge on any atom is -0.484 e. The summed E-state index contributed by atoms with van der Waals surface area (Å²) in [7, 11) is 0. The molecule has 2 amide bonds. The van der Waals surface area contributed by atoms with Crippen LogP contribution in [0.1, 0.15) is 23.2 Å². The number of β-amino-alcohol motifs (C(OH)–C–C–N with tert-alkyl or cyclic N) is 1. The van der Waals surface area contributed by atoms with Crippen LogP contribution in [0.25, 0.3) is 11.1 Å². The molecule has 1 saturated heterocycles. The van der Waals surface area contributed by atoms with Gasteiger partial charge in [0.15, 0.2) is 6.61 Å². The van der Waals surface area contributed by atoms with E-state index in [0.717, 1.165) is 24.1 Å². The molecule has 5 N–H and O–H groups in total. The van der Waals surface area contributed by atoms with Crippen molar-refractivity contribution in [1.29, 1.82) is 0 Å². The topological polar surface area (TPSA) is 114 Å². The van der Waals surface area contributed by atoms with Crippen molar-refractivity contribution >= 4 is 11.8 Å². The van der Waals surface area contributed by atoms with Crippen LogP contribution in [0.4, 0.5) is 0 Å². The van der Waals surface area contributed by atoms with Crippen LogP contribution in [-0.4, -0.2) is 48.8 Å². The molecule has 0 aromatic heterocycles. The molecular weight excluding hydrogens is 358 g/mol. The van der Waals surface area contributed by atoms with Crippen LogP contribution in [0.3, 0.4) is 0 Å². The van der Waals surface area contributed by atoms with Crippen LogP contribution in [0.5, 0.6) is 5.75 Å². The highest BCUT2D eigenvalue weighted by Gasteiger charge is 2.29. The fourth-order valence-corrected chi connectivity index (χ4v) is 3.16. The van der Waals surface area contributed by atoms with E-state index in [2.05, 4.69) is 10.6 Å². The van der Waals surface area contributed by atoms with E-state index in [9.17, 15) is 14.7 Å². The number of hydrogen-bond acceptors (Lipinski definition) is 5. The average Bonchev–Trinajstić information content (AvgIpc) is 2.72. The molecular formula is C21H25N3O4. The lowest BCUT2D eigenvalue weighted by atomic mass is 9.94. The Morgan fingerprint density at radius 2 is 1.75 bits per heavy atom. The van der Waals surface area contributed by atoms with E-state index < -0.39 is 11.5 Å². The number of carbonyl (C=O) groups is 2. The molecule has 7 heteroatoms. The summed E-state index contributed by atoms with van der Waals surface area (Å²) in [4.78, 5) is 23.1. The summed E-state index contributed by atoms with van der Waals surface area (Å²) in [6.45, 7) is 1.46. The number of aliphatic hydroxyl groups is 1. The predicted molar refractivity (Wildman–Crippen MR) is 106 cm³/mol. The fraction of sp³-hybridized carbons (Fsp3) is 0.333. The van der Waals surface area contributed by atoms with Crippen LogP contribution in [-0.2, 0) is 4.79 Å². The largest absolute Gasteiger partial charge is 0.484 e. The number of amides is 2. The molecule has 3 rings (SSSR count). The van der Waals surface area contributed by atoms with Gasteiger partial charge < -0.3 is 26.2 Å². The SMILES string of the molecule is NC(=O)COc1ccc(-c2ccc(C(=O)NC[C@]3(O)CCCNC3)cc2)cc1. The Labute approximate surface area is 163 Å². The third-order valence-corrected chi connectivity index (χ3v) is 4.74. The number of ether oxygens (including phenoxy) is 1. The number of nitrogens with one attached hydrogen (secondary N) is 2. The van der Waals surface area contributed by atoms with Crippen molar-refractivity contribution in [2.75, 3.05) is 26.2 Å². The van der Waals surface area contributed by atoms with E-state index in [1.807, 2.05) is 24.3 Å². The highest BCUT2D eigenvalue weighted by atomic mass is 16.5. The zero-order chi connectivity index (χ0) is 20.0. The van der Waals surface area contributed by atoms with Gasteiger partial charge in [-0.05, 0) is 54.8 Å². The lowest BCUT2D eigenvalue weighted by molar-refractivity contribution is -0.119. The summed E-state index contributed by atoms with van der Waals surface area (Å²) in [5, 5.41) is 16.4. The number of hydrogen-bond donors (Lipinski definition) is 4. The van der Waals surface area contributed by atoms with Crippen molar-refractivity contribution in [2.45, 2.75) is 18.4 Å². The maximum atomic E-state index is 12.4. The lowest BCUT2D eigenvalue weighted by Crippen LogP contribution is -2.52. The molecule has 0 radical (unpaired) electrons. The zero-order valence-electron chi connectivity index (χ0n) is 15.6. The van der Waals surface area contributed by atoms with Crippen molar-refractivity contribution in [3.8, 4) is 16.9 Å². The highest BCUT2D eigenvalue weighted by Crippen LogP contribution is 2.23. The Morgan fingerprint density at radius 1 is 1.11 bits per heavy atom. The van der Waals surface area contributed by atoms with Gasteiger partial charge in [-0.3, -0.25) is 9.59 Å². The van der Waals surface area contributed by atoms with Crippen molar-refractivity contribution < 1.29 is 19.4 Å². The summed E-state index contributed by atoms with van der Waals surface area (Å²) in [5.41, 5.74) is 6.63. The molecule has 0 saturated carbocycles. The van der Waals surface area contributed by atoms with Gasteiger partial charge in [0, 0.05) is 18.7 Å². The first-order valence-electron chi connectivity index (χ1n) is 9.28. The molecule has 0 spiro atoms. The number of rotatable bonds is 7. The molecule has 0 bridgehead atoms. The van der Waals surface area contributed by atoms with Gasteiger partial charge in [0.05, 0.1) is 5.60 Å². The number of nitrogens with two attached hydrogens (primary N) is 1. The van der Waals surface area contributed by atoms with E-state index in [4.69, 9.17) is 10.5 Å². The number of piperidine rings is 1. The first kappa shape index (κ1) is 19.9. The smallest absolute Gasteiger partial charge is 0.255 e. The Bertz CT molecular complexity index is 813. The van der Waals surface area contributed by atoms with Crippen molar-refractivity contribution in [1.82, 2.24) is 10.6 Å². The monoisotopic (exact) mass is 383 g/mol. The van der Waals surface area contributed by atoms with Gasteiger partial charge in [0.2, 0.25) is 0 Å².